The molecule has 0 bridgehead atoms. The van der Waals surface area contributed by atoms with Gasteiger partial charge in [0.25, 0.3) is 5.56 Å². The van der Waals surface area contributed by atoms with Crippen molar-refractivity contribution in [1.29, 1.82) is 0 Å². The Balaban J connectivity index is 1.94. The maximum atomic E-state index is 13.6. The summed E-state index contributed by atoms with van der Waals surface area (Å²) < 4.78 is 13.0. The molecule has 0 saturated carbocycles. The van der Waals surface area contributed by atoms with E-state index in [0.29, 0.717) is 26.4 Å². The van der Waals surface area contributed by atoms with Crippen LogP contribution in [0.3, 0.4) is 0 Å². The topological polar surface area (TPSA) is 69.9 Å². The molecule has 2 heterocycles. The Morgan fingerprint density at radius 3 is 2.50 bits per heavy atom. The number of carbonyl (C=O) groups is 1. The summed E-state index contributed by atoms with van der Waals surface area (Å²) >= 11 is 1.29. The first kappa shape index (κ1) is 21.8. The predicted molar refractivity (Wildman–Crippen MR) is 124 cm³/mol. The van der Waals surface area contributed by atoms with Gasteiger partial charge in [-0.05, 0) is 38.5 Å². The number of rotatable bonds is 5. The summed E-state index contributed by atoms with van der Waals surface area (Å²) in [6.07, 6.45) is 1.83. The van der Waals surface area contributed by atoms with Crippen LogP contribution in [-0.4, -0.2) is 23.8 Å². The van der Waals surface area contributed by atoms with Crippen LogP contribution in [0.2, 0.25) is 0 Å². The first-order chi connectivity index (χ1) is 15.4. The molecule has 1 aliphatic heterocycles. The Morgan fingerprint density at radius 1 is 1.12 bits per heavy atom. The van der Waals surface area contributed by atoms with Crippen LogP contribution in [-0.2, 0) is 9.53 Å². The number of fused-ring (bicyclic) bond motifs is 1. The van der Waals surface area contributed by atoms with Gasteiger partial charge in [-0.2, -0.15) is 0 Å². The van der Waals surface area contributed by atoms with Crippen molar-refractivity contribution >= 4 is 23.4 Å². The van der Waals surface area contributed by atoms with Crippen LogP contribution in [0, 0.1) is 0 Å². The molecule has 4 rings (SSSR count). The maximum absolute atomic E-state index is 13.6. The van der Waals surface area contributed by atoms with Gasteiger partial charge in [-0.3, -0.25) is 9.36 Å². The summed E-state index contributed by atoms with van der Waals surface area (Å²) in [5, 5.41) is 0. The molecule has 1 aromatic heterocycles. The SMILES string of the molecule is COC(=O)C1=C(C)N=c2sc(=Cc3ccccc3OC(C)C)c(=O)n2C1c1ccccc1. The Bertz CT molecular complexity index is 1370. The van der Waals surface area contributed by atoms with Gasteiger partial charge in [-0.25, -0.2) is 9.79 Å². The van der Waals surface area contributed by atoms with E-state index in [1.54, 1.807) is 11.5 Å². The Hall–Kier alpha value is -3.45. The number of esters is 1. The average Bonchev–Trinajstić information content (AvgIpc) is 3.08. The summed E-state index contributed by atoms with van der Waals surface area (Å²) in [4.78, 5) is 31.3. The number of thiazole rings is 1. The molecule has 0 aliphatic carbocycles. The van der Waals surface area contributed by atoms with Crippen molar-refractivity contribution in [3.05, 3.63) is 96.7 Å². The first-order valence-electron chi connectivity index (χ1n) is 10.3. The smallest absolute Gasteiger partial charge is 0.338 e. The third kappa shape index (κ3) is 4.03. The minimum absolute atomic E-state index is 0.00844. The Kier molecular flexibility index (Phi) is 6.10. The molecule has 2 aromatic carbocycles. The van der Waals surface area contributed by atoms with Gasteiger partial charge in [0.15, 0.2) is 4.80 Å². The fraction of sp³-hybridized carbons (Fsp3) is 0.240. The molecule has 164 valence electrons. The second-order valence-corrected chi connectivity index (χ2v) is 8.70. The van der Waals surface area contributed by atoms with Crippen LogP contribution in [0.4, 0.5) is 0 Å². The summed E-state index contributed by atoms with van der Waals surface area (Å²) in [6, 6.07) is 16.5. The number of hydrogen-bond donors (Lipinski definition) is 0. The van der Waals surface area contributed by atoms with Crippen LogP contribution in [0.5, 0.6) is 5.75 Å². The molecule has 0 N–H and O–H groups in total. The number of carbonyl (C=O) groups excluding carboxylic acids is 1. The molecular weight excluding hydrogens is 424 g/mol. The molecule has 0 amide bonds. The zero-order valence-electron chi connectivity index (χ0n) is 18.4. The van der Waals surface area contributed by atoms with Crippen molar-refractivity contribution < 1.29 is 14.3 Å². The number of benzene rings is 2. The standard InChI is InChI=1S/C25H24N2O4S/c1-15(2)31-19-13-9-8-12-18(19)14-20-23(28)27-22(17-10-6-5-7-11-17)21(24(29)30-4)16(3)26-25(27)32-20/h5-15,22H,1-4H3. The lowest BCUT2D eigenvalue weighted by molar-refractivity contribution is -0.136. The minimum Gasteiger partial charge on any atom is -0.490 e. The number of ether oxygens (including phenoxy) is 2. The van der Waals surface area contributed by atoms with E-state index >= 15 is 0 Å². The van der Waals surface area contributed by atoms with Gasteiger partial charge in [-0.15, -0.1) is 0 Å². The second kappa shape index (κ2) is 8.96. The van der Waals surface area contributed by atoms with Crippen LogP contribution >= 0.6 is 11.3 Å². The summed E-state index contributed by atoms with van der Waals surface area (Å²) in [7, 11) is 1.33. The van der Waals surface area contributed by atoms with E-state index < -0.39 is 12.0 Å². The highest BCUT2D eigenvalue weighted by atomic mass is 32.1. The summed E-state index contributed by atoms with van der Waals surface area (Å²) in [5.74, 6) is 0.212. The quantitative estimate of drug-likeness (QED) is 0.562. The van der Waals surface area contributed by atoms with Crippen LogP contribution in [0.25, 0.3) is 6.08 Å². The van der Waals surface area contributed by atoms with Crippen molar-refractivity contribution in [1.82, 2.24) is 4.57 Å². The molecular formula is C25H24N2O4S. The predicted octanol–water partition coefficient (Wildman–Crippen LogP) is 3.20. The van der Waals surface area contributed by atoms with Gasteiger partial charge in [0, 0.05) is 5.56 Å². The van der Waals surface area contributed by atoms with E-state index in [1.165, 1.54) is 18.4 Å². The monoisotopic (exact) mass is 448 g/mol. The summed E-state index contributed by atoms with van der Waals surface area (Å²) in [6.45, 7) is 5.69. The molecule has 3 aromatic rings. The molecule has 32 heavy (non-hydrogen) atoms. The largest absolute Gasteiger partial charge is 0.490 e. The second-order valence-electron chi connectivity index (χ2n) is 7.69. The molecule has 0 fully saturated rings. The molecule has 6 nitrogen and oxygen atoms in total. The minimum atomic E-state index is -0.607. The molecule has 7 heteroatoms. The first-order valence-corrected chi connectivity index (χ1v) is 11.1. The third-order valence-corrected chi connectivity index (χ3v) is 6.09. The van der Waals surface area contributed by atoms with Crippen molar-refractivity contribution in [2.45, 2.75) is 32.9 Å². The molecule has 0 radical (unpaired) electrons. The highest BCUT2D eigenvalue weighted by Gasteiger charge is 2.32. The van der Waals surface area contributed by atoms with Gasteiger partial charge in [0.05, 0.1) is 35.1 Å². The van der Waals surface area contributed by atoms with Gasteiger partial charge in [0.1, 0.15) is 5.75 Å². The normalized spacial score (nSPS) is 16.0. The third-order valence-electron chi connectivity index (χ3n) is 5.11. The van der Waals surface area contributed by atoms with Gasteiger partial charge >= 0.3 is 5.97 Å². The number of methoxy groups -OCH3 is 1. The Morgan fingerprint density at radius 2 is 1.81 bits per heavy atom. The number of hydrogen-bond acceptors (Lipinski definition) is 6. The number of nitrogens with zero attached hydrogens (tertiary/aromatic N) is 2. The fourth-order valence-corrected chi connectivity index (χ4v) is 4.78. The molecule has 0 spiro atoms. The maximum Gasteiger partial charge on any atom is 0.338 e. The molecule has 1 unspecified atom stereocenters. The number of para-hydroxylation sites is 1. The zero-order chi connectivity index (χ0) is 22.8. The van der Waals surface area contributed by atoms with Gasteiger partial charge in [0.2, 0.25) is 0 Å². The highest BCUT2D eigenvalue weighted by molar-refractivity contribution is 7.07. The van der Waals surface area contributed by atoms with Crippen molar-refractivity contribution in [3.63, 3.8) is 0 Å². The van der Waals surface area contributed by atoms with Crippen LogP contribution < -0.4 is 19.6 Å². The van der Waals surface area contributed by atoms with E-state index in [0.717, 1.165) is 11.1 Å². The molecule has 1 aliphatic rings. The van der Waals surface area contributed by atoms with E-state index in [1.807, 2.05) is 74.5 Å². The lowest BCUT2D eigenvalue weighted by atomic mass is 9.96. The number of allylic oxidation sites excluding steroid dienone is 1. The van der Waals surface area contributed by atoms with Crippen molar-refractivity contribution in [3.8, 4) is 5.75 Å². The summed E-state index contributed by atoms with van der Waals surface area (Å²) in [5.41, 5.74) is 2.32. The van der Waals surface area contributed by atoms with Crippen molar-refractivity contribution in [2.75, 3.05) is 7.11 Å². The lowest BCUT2D eigenvalue weighted by Crippen LogP contribution is -2.39. The highest BCUT2D eigenvalue weighted by Crippen LogP contribution is 2.30. The average molecular weight is 449 g/mol. The number of aromatic nitrogens is 1. The Labute approximate surface area is 189 Å². The van der Waals surface area contributed by atoms with Crippen molar-refractivity contribution in [2.24, 2.45) is 4.99 Å². The van der Waals surface area contributed by atoms with E-state index in [-0.39, 0.29) is 11.7 Å². The van der Waals surface area contributed by atoms with E-state index in [2.05, 4.69) is 4.99 Å². The lowest BCUT2D eigenvalue weighted by Gasteiger charge is -2.24. The zero-order valence-corrected chi connectivity index (χ0v) is 19.2. The van der Waals surface area contributed by atoms with Crippen LogP contribution in [0.15, 0.2) is 75.7 Å². The van der Waals surface area contributed by atoms with Crippen LogP contribution in [0.1, 0.15) is 37.9 Å². The van der Waals surface area contributed by atoms with Gasteiger partial charge in [-0.1, -0.05) is 59.9 Å². The molecule has 1 atom stereocenters. The fourth-order valence-electron chi connectivity index (χ4n) is 3.75. The van der Waals surface area contributed by atoms with Gasteiger partial charge < -0.3 is 9.47 Å². The van der Waals surface area contributed by atoms with E-state index in [9.17, 15) is 9.59 Å². The van der Waals surface area contributed by atoms with E-state index in [4.69, 9.17) is 9.47 Å². The molecule has 0 saturated heterocycles.